The number of primary amides is 1. The summed E-state index contributed by atoms with van der Waals surface area (Å²) >= 11 is 0. The van der Waals surface area contributed by atoms with Crippen LogP contribution in [0.3, 0.4) is 0 Å². The number of para-hydroxylation sites is 1. The Morgan fingerprint density at radius 3 is 2.48 bits per heavy atom. The van der Waals surface area contributed by atoms with Crippen LogP contribution in [0.25, 0.3) is 10.9 Å². The number of amides is 3. The molecule has 0 bridgehead atoms. The number of nitrogens with one attached hydrogen (secondary N) is 3. The zero-order chi connectivity index (χ0) is 22.4. The number of rotatable bonds is 8. The lowest BCUT2D eigenvalue weighted by atomic mass is 10.0. The molecule has 0 fully saturated rings. The number of carbonyl (C=O) groups excluding carboxylic acids is 2. The van der Waals surface area contributed by atoms with Crippen molar-refractivity contribution in [2.45, 2.75) is 33.0 Å². The zero-order valence-electron chi connectivity index (χ0n) is 17.4. The molecule has 3 aromatic rings. The van der Waals surface area contributed by atoms with E-state index in [-0.39, 0.29) is 24.8 Å². The summed E-state index contributed by atoms with van der Waals surface area (Å²) < 4.78 is 13.2. The van der Waals surface area contributed by atoms with Gasteiger partial charge in [0.15, 0.2) is 5.82 Å². The van der Waals surface area contributed by atoms with Crippen LogP contribution in [0.4, 0.5) is 15.0 Å². The molecule has 31 heavy (non-hydrogen) atoms. The second-order valence-electron chi connectivity index (χ2n) is 7.44. The average Bonchev–Trinajstić information content (AvgIpc) is 2.74. The van der Waals surface area contributed by atoms with Crippen molar-refractivity contribution >= 4 is 28.7 Å². The molecule has 0 spiro atoms. The van der Waals surface area contributed by atoms with Crippen molar-refractivity contribution in [2.24, 2.45) is 11.7 Å². The van der Waals surface area contributed by atoms with E-state index >= 15 is 0 Å². The van der Waals surface area contributed by atoms with E-state index in [4.69, 9.17) is 5.73 Å². The lowest BCUT2D eigenvalue weighted by Crippen LogP contribution is -2.40. The van der Waals surface area contributed by atoms with Gasteiger partial charge in [-0.2, -0.15) is 0 Å². The van der Waals surface area contributed by atoms with E-state index in [0.717, 1.165) is 5.39 Å². The monoisotopic (exact) mass is 424 g/mol. The van der Waals surface area contributed by atoms with Crippen molar-refractivity contribution in [3.63, 3.8) is 0 Å². The second kappa shape index (κ2) is 9.84. The van der Waals surface area contributed by atoms with Crippen molar-refractivity contribution in [2.75, 3.05) is 5.32 Å². The molecular weight excluding hydrogens is 399 g/mol. The summed E-state index contributed by atoms with van der Waals surface area (Å²) in [4.78, 5) is 32.9. The molecular formula is C22H25FN6O2. The van der Waals surface area contributed by atoms with Crippen LogP contribution in [0.5, 0.6) is 0 Å². The van der Waals surface area contributed by atoms with E-state index in [0.29, 0.717) is 22.7 Å². The number of aromatic nitrogens is 2. The lowest BCUT2D eigenvalue weighted by Gasteiger charge is -2.21. The first kappa shape index (κ1) is 21.9. The average molecular weight is 424 g/mol. The summed E-state index contributed by atoms with van der Waals surface area (Å²) in [5.41, 5.74) is 6.84. The van der Waals surface area contributed by atoms with E-state index in [1.807, 2.05) is 38.1 Å². The molecule has 1 atom stereocenters. The largest absolute Gasteiger partial charge is 0.368 e. The minimum absolute atomic E-state index is 0.0404. The highest BCUT2D eigenvalue weighted by Gasteiger charge is 2.21. The first-order chi connectivity index (χ1) is 14.8. The molecule has 1 heterocycles. The Hall–Kier alpha value is -3.75. The Morgan fingerprint density at radius 2 is 1.77 bits per heavy atom. The van der Waals surface area contributed by atoms with Gasteiger partial charge in [0.05, 0.1) is 12.1 Å². The number of hydrogen-bond acceptors (Lipinski definition) is 5. The maximum atomic E-state index is 13.2. The van der Waals surface area contributed by atoms with E-state index in [1.54, 1.807) is 12.1 Å². The third kappa shape index (κ3) is 5.88. The SMILES string of the molecule is CC(C)[C@H](Nc1nc(CNC(=O)NCc2cccc(F)c2)nc2ccccc12)C(N)=O. The Bertz CT molecular complexity index is 1090. The number of anilines is 1. The van der Waals surface area contributed by atoms with Gasteiger partial charge in [0, 0.05) is 11.9 Å². The number of fused-ring (bicyclic) bond motifs is 1. The molecule has 0 saturated heterocycles. The van der Waals surface area contributed by atoms with Crippen molar-refractivity contribution in [3.8, 4) is 0 Å². The summed E-state index contributed by atoms with van der Waals surface area (Å²) in [5, 5.41) is 9.20. The number of benzene rings is 2. The fourth-order valence-electron chi connectivity index (χ4n) is 3.08. The van der Waals surface area contributed by atoms with Crippen molar-refractivity contribution in [3.05, 3.63) is 65.7 Å². The van der Waals surface area contributed by atoms with E-state index in [9.17, 15) is 14.0 Å². The summed E-state index contributed by atoms with van der Waals surface area (Å²) in [5.74, 6) is -0.0374. The molecule has 9 heteroatoms. The number of halogens is 1. The number of urea groups is 1. The first-order valence-electron chi connectivity index (χ1n) is 9.91. The van der Waals surface area contributed by atoms with Crippen LogP contribution in [0.1, 0.15) is 25.2 Å². The molecule has 0 aliphatic rings. The minimum atomic E-state index is -0.603. The van der Waals surface area contributed by atoms with Crippen LogP contribution < -0.4 is 21.7 Å². The summed E-state index contributed by atoms with van der Waals surface area (Å²) in [7, 11) is 0. The van der Waals surface area contributed by atoms with Crippen LogP contribution in [0, 0.1) is 11.7 Å². The predicted octanol–water partition coefficient (Wildman–Crippen LogP) is 2.69. The van der Waals surface area contributed by atoms with Gasteiger partial charge in [-0.25, -0.2) is 19.2 Å². The van der Waals surface area contributed by atoms with Crippen LogP contribution >= 0.6 is 0 Å². The van der Waals surface area contributed by atoms with Crippen LogP contribution in [0.15, 0.2) is 48.5 Å². The topological polar surface area (TPSA) is 122 Å². The quantitative estimate of drug-likeness (QED) is 0.443. The molecule has 5 N–H and O–H groups in total. The number of nitrogens with two attached hydrogens (primary N) is 1. The summed E-state index contributed by atoms with van der Waals surface area (Å²) in [6, 6.07) is 12.3. The molecule has 0 unspecified atom stereocenters. The van der Waals surface area contributed by atoms with Gasteiger partial charge in [-0.05, 0) is 35.7 Å². The molecule has 3 rings (SSSR count). The van der Waals surface area contributed by atoms with Gasteiger partial charge in [-0.3, -0.25) is 4.79 Å². The highest BCUT2D eigenvalue weighted by atomic mass is 19.1. The Kier molecular flexibility index (Phi) is 6.96. The molecule has 0 saturated carbocycles. The molecule has 162 valence electrons. The first-order valence-corrected chi connectivity index (χ1v) is 9.91. The maximum Gasteiger partial charge on any atom is 0.315 e. The fourth-order valence-corrected chi connectivity index (χ4v) is 3.08. The summed E-state index contributed by atoms with van der Waals surface area (Å²) in [6.07, 6.45) is 0. The third-order valence-corrected chi connectivity index (χ3v) is 4.66. The van der Waals surface area contributed by atoms with Crippen LogP contribution in [-0.2, 0) is 17.9 Å². The van der Waals surface area contributed by atoms with Gasteiger partial charge in [-0.1, -0.05) is 38.1 Å². The minimum Gasteiger partial charge on any atom is -0.368 e. The number of hydrogen-bond donors (Lipinski definition) is 4. The smallest absolute Gasteiger partial charge is 0.315 e. The van der Waals surface area contributed by atoms with Crippen molar-refractivity contribution in [1.29, 1.82) is 0 Å². The van der Waals surface area contributed by atoms with Gasteiger partial charge in [0.1, 0.15) is 17.7 Å². The molecule has 1 aromatic heterocycles. The molecule has 3 amide bonds. The Morgan fingerprint density at radius 1 is 1.03 bits per heavy atom. The van der Waals surface area contributed by atoms with Gasteiger partial charge >= 0.3 is 6.03 Å². The van der Waals surface area contributed by atoms with Gasteiger partial charge in [-0.15, -0.1) is 0 Å². The van der Waals surface area contributed by atoms with E-state index in [1.165, 1.54) is 12.1 Å². The molecule has 0 aliphatic heterocycles. The van der Waals surface area contributed by atoms with Crippen molar-refractivity contribution in [1.82, 2.24) is 20.6 Å². The van der Waals surface area contributed by atoms with Crippen molar-refractivity contribution < 1.29 is 14.0 Å². The second-order valence-corrected chi connectivity index (χ2v) is 7.44. The highest BCUT2D eigenvalue weighted by molar-refractivity contribution is 5.92. The maximum absolute atomic E-state index is 13.2. The summed E-state index contributed by atoms with van der Waals surface area (Å²) in [6.45, 7) is 4.02. The Balaban J connectivity index is 1.71. The predicted molar refractivity (Wildman–Crippen MR) is 116 cm³/mol. The van der Waals surface area contributed by atoms with Crippen LogP contribution in [0.2, 0.25) is 0 Å². The standard InChI is InChI=1S/C22H25FN6O2/c1-13(2)19(20(24)30)29-21-16-8-3-4-9-17(16)27-18(28-21)12-26-22(31)25-11-14-6-5-7-15(23)10-14/h3-10,13,19H,11-12H2,1-2H3,(H2,24,30)(H2,25,26,31)(H,27,28,29)/t19-/m0/s1. The fraction of sp³-hybridized carbons (Fsp3) is 0.273. The Labute approximate surface area is 179 Å². The van der Waals surface area contributed by atoms with Gasteiger partial charge < -0.3 is 21.7 Å². The van der Waals surface area contributed by atoms with Gasteiger partial charge in [0.2, 0.25) is 5.91 Å². The third-order valence-electron chi connectivity index (χ3n) is 4.66. The van der Waals surface area contributed by atoms with Crippen LogP contribution in [-0.4, -0.2) is 27.9 Å². The van der Waals surface area contributed by atoms with Gasteiger partial charge in [0.25, 0.3) is 0 Å². The number of carbonyl (C=O) groups is 2. The molecule has 8 nitrogen and oxygen atoms in total. The highest BCUT2D eigenvalue weighted by Crippen LogP contribution is 2.22. The molecule has 0 aliphatic carbocycles. The van der Waals surface area contributed by atoms with E-state index in [2.05, 4.69) is 25.9 Å². The molecule has 2 aromatic carbocycles. The van der Waals surface area contributed by atoms with E-state index < -0.39 is 18.0 Å². The lowest BCUT2D eigenvalue weighted by molar-refractivity contribution is -0.119. The molecule has 0 radical (unpaired) electrons. The zero-order valence-corrected chi connectivity index (χ0v) is 17.4. The number of nitrogens with zero attached hydrogens (tertiary/aromatic N) is 2. The normalized spacial score (nSPS) is 11.9.